The molecule has 0 bridgehead atoms. The molecule has 144 valence electrons. The van der Waals surface area contributed by atoms with Crippen LogP contribution >= 0.6 is 0 Å². The number of piperidine rings is 1. The molecule has 0 spiro atoms. The first-order chi connectivity index (χ1) is 13.0. The maximum absolute atomic E-state index is 13.2. The number of nitrogens with zero attached hydrogens (tertiary/aromatic N) is 1. The second kappa shape index (κ2) is 7.38. The summed E-state index contributed by atoms with van der Waals surface area (Å²) in [5, 5.41) is 10.2. The van der Waals surface area contributed by atoms with Crippen LogP contribution in [0.25, 0.3) is 0 Å². The van der Waals surface area contributed by atoms with Crippen LogP contribution in [0.2, 0.25) is 0 Å². The van der Waals surface area contributed by atoms with E-state index < -0.39 is 10.0 Å². The fourth-order valence-electron chi connectivity index (χ4n) is 4.95. The van der Waals surface area contributed by atoms with Gasteiger partial charge in [0.05, 0.1) is 11.0 Å². The van der Waals surface area contributed by atoms with E-state index in [1.165, 1.54) is 5.56 Å². The molecule has 1 aliphatic heterocycles. The summed E-state index contributed by atoms with van der Waals surface area (Å²) in [6.45, 7) is 1.07. The minimum Gasteiger partial charge on any atom is -0.393 e. The van der Waals surface area contributed by atoms with E-state index in [4.69, 9.17) is 0 Å². The van der Waals surface area contributed by atoms with Crippen molar-refractivity contribution in [2.24, 2.45) is 11.3 Å². The smallest absolute Gasteiger partial charge is 0.243 e. The van der Waals surface area contributed by atoms with Crippen LogP contribution in [0.1, 0.15) is 31.2 Å². The summed E-state index contributed by atoms with van der Waals surface area (Å²) in [6.07, 6.45) is 3.83. The number of sulfonamides is 1. The van der Waals surface area contributed by atoms with Crippen molar-refractivity contribution in [2.75, 3.05) is 13.1 Å². The first-order valence-electron chi connectivity index (χ1n) is 9.77. The lowest BCUT2D eigenvalue weighted by atomic mass is 9.60. The van der Waals surface area contributed by atoms with E-state index in [0.29, 0.717) is 23.9 Å². The summed E-state index contributed by atoms with van der Waals surface area (Å²) in [4.78, 5) is 0.370. The van der Waals surface area contributed by atoms with Gasteiger partial charge >= 0.3 is 0 Å². The van der Waals surface area contributed by atoms with Crippen molar-refractivity contribution < 1.29 is 13.5 Å². The maximum Gasteiger partial charge on any atom is 0.243 e. The number of fused-ring (bicyclic) bond motifs is 1. The quantitative estimate of drug-likeness (QED) is 0.877. The molecule has 5 heteroatoms. The molecule has 0 aromatic heterocycles. The Bertz CT molecular complexity index is 869. The molecule has 4 rings (SSSR count). The molecule has 1 heterocycles. The van der Waals surface area contributed by atoms with Gasteiger partial charge < -0.3 is 5.11 Å². The van der Waals surface area contributed by atoms with Crippen LogP contribution in [-0.4, -0.2) is 37.0 Å². The van der Waals surface area contributed by atoms with Crippen molar-refractivity contribution in [3.05, 3.63) is 66.2 Å². The molecule has 27 heavy (non-hydrogen) atoms. The lowest BCUT2D eigenvalue weighted by Gasteiger charge is -2.52. The Balaban J connectivity index is 1.65. The van der Waals surface area contributed by atoms with Crippen LogP contribution < -0.4 is 0 Å². The summed E-state index contributed by atoms with van der Waals surface area (Å²) < 4.78 is 28.1. The number of hydrogen-bond acceptors (Lipinski definition) is 3. The Labute approximate surface area is 161 Å². The maximum atomic E-state index is 13.2. The summed E-state index contributed by atoms with van der Waals surface area (Å²) in [7, 11) is -3.49. The fraction of sp³-hybridized carbons (Fsp3) is 0.455. The average Bonchev–Trinajstić information content (AvgIpc) is 2.69. The van der Waals surface area contributed by atoms with E-state index in [9.17, 15) is 13.5 Å². The minimum atomic E-state index is -3.49. The normalized spacial score (nSPS) is 29.2. The van der Waals surface area contributed by atoms with Gasteiger partial charge in [-0.15, -0.1) is 0 Å². The van der Waals surface area contributed by atoms with Gasteiger partial charge in [0.1, 0.15) is 0 Å². The third-order valence-electron chi connectivity index (χ3n) is 6.40. The Kier molecular flexibility index (Phi) is 5.10. The second-order valence-electron chi connectivity index (χ2n) is 8.09. The van der Waals surface area contributed by atoms with Gasteiger partial charge in [0, 0.05) is 13.1 Å². The Morgan fingerprint density at radius 2 is 1.67 bits per heavy atom. The number of aliphatic hydroxyl groups excluding tert-OH is 1. The lowest BCUT2D eigenvalue weighted by molar-refractivity contribution is -0.0290. The molecule has 0 amide bonds. The van der Waals surface area contributed by atoms with E-state index >= 15 is 0 Å². The molecular weight excluding hydrogens is 358 g/mol. The van der Waals surface area contributed by atoms with E-state index in [2.05, 4.69) is 12.1 Å². The van der Waals surface area contributed by atoms with Gasteiger partial charge in [-0.25, -0.2) is 8.42 Å². The second-order valence-corrected chi connectivity index (χ2v) is 10.0. The topological polar surface area (TPSA) is 57.6 Å². The summed E-state index contributed by atoms with van der Waals surface area (Å²) >= 11 is 0. The monoisotopic (exact) mass is 385 g/mol. The molecule has 1 aliphatic carbocycles. The number of benzene rings is 2. The average molecular weight is 386 g/mol. The third-order valence-corrected chi connectivity index (χ3v) is 8.26. The number of hydrogen-bond donors (Lipinski definition) is 1. The van der Waals surface area contributed by atoms with Gasteiger partial charge in [-0.2, -0.15) is 4.31 Å². The van der Waals surface area contributed by atoms with Crippen LogP contribution in [0, 0.1) is 11.3 Å². The Morgan fingerprint density at radius 1 is 1.00 bits per heavy atom. The third kappa shape index (κ3) is 3.68. The van der Waals surface area contributed by atoms with E-state index in [1.54, 1.807) is 28.6 Å². The zero-order valence-corrected chi connectivity index (χ0v) is 16.3. The highest BCUT2D eigenvalue weighted by molar-refractivity contribution is 7.89. The standard InChI is InChI=1S/C22H27NO3S/c24-20-11-13-22(16-18-7-3-1-4-8-18)17-23(14-12-19(22)15-20)27(25,26)21-9-5-2-6-10-21/h1-10,19-20,24H,11-17H2/t19-,20-,22-/m0/s1. The van der Waals surface area contributed by atoms with E-state index in [1.807, 2.05) is 24.3 Å². The van der Waals surface area contributed by atoms with E-state index in [-0.39, 0.29) is 11.5 Å². The first-order valence-corrected chi connectivity index (χ1v) is 11.2. The first kappa shape index (κ1) is 18.7. The summed E-state index contributed by atoms with van der Waals surface area (Å²) in [5.74, 6) is 0.365. The molecule has 0 radical (unpaired) electrons. The molecule has 2 aromatic carbocycles. The van der Waals surface area contributed by atoms with Crippen LogP contribution in [0.4, 0.5) is 0 Å². The predicted octanol–water partition coefficient (Wildman–Crippen LogP) is 3.47. The van der Waals surface area contributed by atoms with Gasteiger partial charge in [0.2, 0.25) is 10.0 Å². The van der Waals surface area contributed by atoms with Crippen LogP contribution in [0.3, 0.4) is 0 Å². The molecular formula is C22H27NO3S. The summed E-state index contributed by atoms with van der Waals surface area (Å²) in [5.41, 5.74) is 1.15. The summed E-state index contributed by atoms with van der Waals surface area (Å²) in [6, 6.07) is 19.1. The van der Waals surface area contributed by atoms with Crippen molar-refractivity contribution >= 4 is 10.0 Å². The minimum absolute atomic E-state index is 0.0965. The van der Waals surface area contributed by atoms with Crippen molar-refractivity contribution in [1.82, 2.24) is 4.31 Å². The molecule has 1 saturated carbocycles. The van der Waals surface area contributed by atoms with Gasteiger partial charge in [-0.1, -0.05) is 48.5 Å². The number of rotatable bonds is 4. The SMILES string of the molecule is O=S(=O)(c1ccccc1)N1CC[C@H]2C[C@@H](O)CC[C@]2(Cc2ccccc2)C1. The molecule has 2 aliphatic rings. The predicted molar refractivity (Wildman–Crippen MR) is 106 cm³/mol. The van der Waals surface area contributed by atoms with Crippen molar-refractivity contribution in [3.8, 4) is 0 Å². The van der Waals surface area contributed by atoms with Gasteiger partial charge in [-0.05, 0) is 61.1 Å². The van der Waals surface area contributed by atoms with Gasteiger partial charge in [-0.3, -0.25) is 0 Å². The van der Waals surface area contributed by atoms with Gasteiger partial charge in [0.15, 0.2) is 0 Å². The fourth-order valence-corrected chi connectivity index (χ4v) is 6.53. The molecule has 0 unspecified atom stereocenters. The molecule has 2 fully saturated rings. The zero-order chi connectivity index (χ0) is 18.9. The highest BCUT2D eigenvalue weighted by Gasteiger charge is 2.48. The Hall–Kier alpha value is -1.69. The highest BCUT2D eigenvalue weighted by Crippen LogP contribution is 2.49. The van der Waals surface area contributed by atoms with E-state index in [0.717, 1.165) is 32.1 Å². The zero-order valence-electron chi connectivity index (χ0n) is 15.5. The van der Waals surface area contributed by atoms with Crippen molar-refractivity contribution in [2.45, 2.75) is 43.1 Å². The molecule has 2 aromatic rings. The molecule has 1 N–H and O–H groups in total. The van der Waals surface area contributed by atoms with Gasteiger partial charge in [0.25, 0.3) is 0 Å². The lowest BCUT2D eigenvalue weighted by Crippen LogP contribution is -2.54. The van der Waals surface area contributed by atoms with Crippen molar-refractivity contribution in [3.63, 3.8) is 0 Å². The highest BCUT2D eigenvalue weighted by atomic mass is 32.2. The van der Waals surface area contributed by atoms with Crippen molar-refractivity contribution in [1.29, 1.82) is 0 Å². The largest absolute Gasteiger partial charge is 0.393 e. The van der Waals surface area contributed by atoms with Crippen LogP contribution in [0.15, 0.2) is 65.6 Å². The molecule has 1 saturated heterocycles. The van der Waals surface area contributed by atoms with Crippen LogP contribution in [-0.2, 0) is 16.4 Å². The Morgan fingerprint density at radius 3 is 2.37 bits per heavy atom. The molecule has 4 nitrogen and oxygen atoms in total. The molecule has 3 atom stereocenters. The van der Waals surface area contributed by atoms with Crippen LogP contribution in [0.5, 0.6) is 0 Å². The number of aliphatic hydroxyl groups is 1.